The van der Waals surface area contributed by atoms with Crippen molar-refractivity contribution >= 4 is 23.5 Å². The summed E-state index contributed by atoms with van der Waals surface area (Å²) in [5.41, 5.74) is 3.09. The molecule has 1 amide bonds. The number of amides is 1. The zero-order valence-electron chi connectivity index (χ0n) is 22.9. The number of rotatable bonds is 8. The van der Waals surface area contributed by atoms with Crippen molar-refractivity contribution in [3.8, 4) is 17.2 Å². The number of aromatic nitrogens is 1. The lowest BCUT2D eigenvalue weighted by Gasteiger charge is -2.26. The van der Waals surface area contributed by atoms with Crippen LogP contribution in [0.5, 0.6) is 11.5 Å². The van der Waals surface area contributed by atoms with Crippen LogP contribution in [0.1, 0.15) is 55.2 Å². The monoisotopic (exact) mass is 564 g/mol. The van der Waals surface area contributed by atoms with E-state index in [-0.39, 0.29) is 23.9 Å². The number of para-hydroxylation sites is 1. The Morgan fingerprint density at radius 2 is 1.95 bits per heavy atom. The highest BCUT2D eigenvalue weighted by molar-refractivity contribution is 6.30. The summed E-state index contributed by atoms with van der Waals surface area (Å²) in [6.45, 7) is 3.21. The second-order valence-corrected chi connectivity index (χ2v) is 11.1. The molecule has 1 aliphatic carbocycles. The summed E-state index contributed by atoms with van der Waals surface area (Å²) in [7, 11) is 3.22. The van der Waals surface area contributed by atoms with Gasteiger partial charge in [-0.3, -0.25) is 9.59 Å². The smallest absolute Gasteiger partial charge is 0.314 e. The van der Waals surface area contributed by atoms with E-state index in [1.54, 1.807) is 14.2 Å². The first-order valence-corrected chi connectivity index (χ1v) is 14.1. The summed E-state index contributed by atoms with van der Waals surface area (Å²) in [4.78, 5) is 27.7. The van der Waals surface area contributed by atoms with Gasteiger partial charge in [0, 0.05) is 41.9 Å². The molecule has 9 heteroatoms. The topological polar surface area (TPSA) is 79.2 Å². The zero-order chi connectivity index (χ0) is 28.0. The minimum absolute atomic E-state index is 0.0258. The third kappa shape index (κ3) is 4.43. The molecule has 40 heavy (non-hydrogen) atoms. The van der Waals surface area contributed by atoms with E-state index in [1.807, 2.05) is 66.6 Å². The van der Waals surface area contributed by atoms with Gasteiger partial charge in [-0.1, -0.05) is 23.7 Å². The van der Waals surface area contributed by atoms with Crippen molar-refractivity contribution in [1.29, 1.82) is 0 Å². The molecule has 6 rings (SSSR count). The fourth-order valence-electron chi connectivity index (χ4n) is 6.39. The Hall–Kier alpha value is -3.49. The standard InChI is InChI=1S/C31H33ClN2O6/c1-4-39-30(36)31-16-19(31)17-33(18-31)27(35)13-12-25-24-8-6-14-34(24)23-11-10-20(32)15-22(23)28(40-25)21-7-5-9-26(37-2)29(21)38-3/h5-11,14-15,19,25,28H,4,12-13,16-18H2,1-3H3/t19?,25-,28-,31?/m1/s1. The van der Waals surface area contributed by atoms with E-state index in [4.69, 9.17) is 30.5 Å². The molecule has 2 unspecified atom stereocenters. The van der Waals surface area contributed by atoms with Crippen LogP contribution >= 0.6 is 11.6 Å². The number of carbonyl (C=O) groups is 2. The Kier molecular flexibility index (Phi) is 7.00. The molecular weight excluding hydrogens is 532 g/mol. The van der Waals surface area contributed by atoms with Crippen LogP contribution < -0.4 is 9.47 Å². The lowest BCUT2D eigenvalue weighted by Crippen LogP contribution is -2.34. The summed E-state index contributed by atoms with van der Waals surface area (Å²) < 4.78 is 25.6. The van der Waals surface area contributed by atoms with Crippen molar-refractivity contribution in [3.63, 3.8) is 0 Å². The van der Waals surface area contributed by atoms with Crippen molar-refractivity contribution in [3.05, 3.63) is 76.6 Å². The lowest BCUT2D eigenvalue weighted by atomic mass is 9.98. The average molecular weight is 565 g/mol. The Balaban J connectivity index is 1.29. The van der Waals surface area contributed by atoms with Gasteiger partial charge in [0.15, 0.2) is 11.5 Å². The number of hydrogen-bond acceptors (Lipinski definition) is 6. The third-order valence-electron chi connectivity index (χ3n) is 8.46. The number of methoxy groups -OCH3 is 2. The molecule has 3 heterocycles. The highest BCUT2D eigenvalue weighted by Crippen LogP contribution is 2.58. The molecule has 3 aliphatic rings. The molecule has 0 N–H and O–H groups in total. The van der Waals surface area contributed by atoms with Crippen LogP contribution in [-0.2, 0) is 19.1 Å². The summed E-state index contributed by atoms with van der Waals surface area (Å²) in [6.07, 6.45) is 2.66. The van der Waals surface area contributed by atoms with E-state index in [9.17, 15) is 9.59 Å². The van der Waals surface area contributed by atoms with Gasteiger partial charge in [-0.2, -0.15) is 0 Å². The predicted octanol–water partition coefficient (Wildman–Crippen LogP) is 5.50. The first kappa shape index (κ1) is 26.7. The van der Waals surface area contributed by atoms with Crippen molar-refractivity contribution in [2.24, 2.45) is 11.3 Å². The van der Waals surface area contributed by atoms with E-state index in [0.29, 0.717) is 49.1 Å². The van der Waals surface area contributed by atoms with Crippen LogP contribution in [0.15, 0.2) is 54.7 Å². The summed E-state index contributed by atoms with van der Waals surface area (Å²) in [5, 5.41) is 0.597. The normalized spacial score (nSPS) is 24.4. The number of likely N-dealkylation sites (tertiary alicyclic amines) is 1. The highest BCUT2D eigenvalue weighted by Gasteiger charge is 2.66. The lowest BCUT2D eigenvalue weighted by molar-refractivity contribution is -0.150. The fourth-order valence-corrected chi connectivity index (χ4v) is 6.57. The summed E-state index contributed by atoms with van der Waals surface area (Å²) in [5.74, 6) is 1.24. The number of benzene rings is 2. The van der Waals surface area contributed by atoms with E-state index in [2.05, 4.69) is 4.57 Å². The third-order valence-corrected chi connectivity index (χ3v) is 8.69. The molecule has 1 aromatic heterocycles. The first-order chi connectivity index (χ1) is 19.4. The highest BCUT2D eigenvalue weighted by atomic mass is 35.5. The van der Waals surface area contributed by atoms with Gasteiger partial charge < -0.3 is 28.4 Å². The maximum Gasteiger partial charge on any atom is 0.314 e. The number of ether oxygens (including phenoxy) is 4. The SMILES string of the molecule is CCOC(=O)C12CC1CN(C(=O)CC[C@H]1O[C@H](c3cccc(OC)c3OC)c3cc(Cl)ccc3-n3cccc31)C2. The van der Waals surface area contributed by atoms with Gasteiger partial charge in [-0.15, -0.1) is 0 Å². The zero-order valence-corrected chi connectivity index (χ0v) is 23.6. The molecular formula is C31H33ClN2O6. The second-order valence-electron chi connectivity index (χ2n) is 10.7. The molecule has 3 aromatic rings. The Bertz CT molecular complexity index is 1450. The van der Waals surface area contributed by atoms with Crippen LogP contribution in [-0.4, -0.2) is 55.3 Å². The molecule has 1 saturated heterocycles. The quantitative estimate of drug-likeness (QED) is 0.336. The van der Waals surface area contributed by atoms with Crippen molar-refractivity contribution in [1.82, 2.24) is 9.47 Å². The molecule has 210 valence electrons. The Morgan fingerprint density at radius 1 is 1.10 bits per heavy atom. The molecule has 0 radical (unpaired) electrons. The van der Waals surface area contributed by atoms with Crippen molar-refractivity contribution < 1.29 is 28.5 Å². The predicted molar refractivity (Wildman–Crippen MR) is 149 cm³/mol. The van der Waals surface area contributed by atoms with Crippen LogP contribution in [0.4, 0.5) is 0 Å². The van der Waals surface area contributed by atoms with Gasteiger partial charge in [0.1, 0.15) is 6.10 Å². The van der Waals surface area contributed by atoms with Gasteiger partial charge in [0.25, 0.3) is 0 Å². The maximum atomic E-state index is 13.4. The molecule has 2 aliphatic heterocycles. The minimum atomic E-state index is -0.523. The van der Waals surface area contributed by atoms with Crippen LogP contribution in [0.25, 0.3) is 5.69 Å². The number of halogens is 1. The maximum absolute atomic E-state index is 13.4. The summed E-state index contributed by atoms with van der Waals surface area (Å²) >= 11 is 6.49. The largest absolute Gasteiger partial charge is 0.493 e. The van der Waals surface area contributed by atoms with Crippen molar-refractivity contribution in [2.75, 3.05) is 33.9 Å². The number of carbonyl (C=O) groups excluding carboxylic acids is 2. The van der Waals surface area contributed by atoms with Gasteiger partial charge in [0.05, 0.1) is 43.7 Å². The van der Waals surface area contributed by atoms with Crippen molar-refractivity contribution in [2.45, 2.75) is 38.4 Å². The number of esters is 1. The molecule has 8 nitrogen and oxygen atoms in total. The second kappa shape index (κ2) is 10.5. The van der Waals surface area contributed by atoms with Crippen LogP contribution in [0, 0.1) is 11.3 Å². The average Bonchev–Trinajstić information content (AvgIpc) is 3.28. The van der Waals surface area contributed by atoms with Gasteiger partial charge in [0.2, 0.25) is 5.91 Å². The molecule has 0 bridgehead atoms. The minimum Gasteiger partial charge on any atom is -0.493 e. The number of hydrogen-bond donors (Lipinski definition) is 0. The van der Waals surface area contributed by atoms with E-state index >= 15 is 0 Å². The number of nitrogens with zero attached hydrogens (tertiary/aromatic N) is 2. The molecule has 0 spiro atoms. The first-order valence-electron chi connectivity index (χ1n) is 13.7. The van der Waals surface area contributed by atoms with E-state index in [0.717, 1.165) is 28.9 Å². The summed E-state index contributed by atoms with van der Waals surface area (Å²) in [6, 6.07) is 15.5. The van der Waals surface area contributed by atoms with E-state index in [1.165, 1.54) is 0 Å². The number of fused-ring (bicyclic) bond motifs is 4. The molecule has 2 fully saturated rings. The van der Waals surface area contributed by atoms with Crippen LogP contribution in [0.2, 0.25) is 5.02 Å². The van der Waals surface area contributed by atoms with Gasteiger partial charge in [-0.25, -0.2) is 0 Å². The van der Waals surface area contributed by atoms with Gasteiger partial charge in [-0.05, 0) is 62.1 Å². The Labute approximate surface area is 238 Å². The molecule has 1 saturated carbocycles. The van der Waals surface area contributed by atoms with Crippen LogP contribution in [0.3, 0.4) is 0 Å². The Morgan fingerprint density at radius 3 is 2.73 bits per heavy atom. The molecule has 4 atom stereocenters. The van der Waals surface area contributed by atoms with E-state index < -0.39 is 11.5 Å². The molecule has 2 aromatic carbocycles. The number of piperidine rings is 1. The fraction of sp³-hybridized carbons (Fsp3) is 0.419. The van der Waals surface area contributed by atoms with Gasteiger partial charge >= 0.3 is 5.97 Å².